The van der Waals surface area contributed by atoms with Gasteiger partial charge in [-0.3, -0.25) is 4.79 Å². The number of nitrogens with one attached hydrogen (secondary N) is 1. The number of benzene rings is 2. The van der Waals surface area contributed by atoms with Crippen LogP contribution in [0, 0.1) is 6.92 Å². The fraction of sp³-hybridized carbons (Fsp3) is 0.350. The molecule has 0 aromatic heterocycles. The van der Waals surface area contributed by atoms with Crippen LogP contribution in [0.15, 0.2) is 48.5 Å². The van der Waals surface area contributed by atoms with Crippen LogP contribution in [-0.2, 0) is 16.1 Å². The van der Waals surface area contributed by atoms with Crippen LogP contribution in [0.4, 0.5) is 5.69 Å². The van der Waals surface area contributed by atoms with E-state index in [1.165, 1.54) is 5.69 Å². The van der Waals surface area contributed by atoms with Gasteiger partial charge in [-0.15, -0.1) is 0 Å². The number of carbonyl (C=O) groups excluding carboxylic acids is 1. The highest BCUT2D eigenvalue weighted by molar-refractivity contribution is 5.77. The molecular weight excluding hydrogens is 316 g/mol. The first kappa shape index (κ1) is 17.3. The summed E-state index contributed by atoms with van der Waals surface area (Å²) in [6.45, 7) is 5.94. The molecule has 1 fully saturated rings. The lowest BCUT2D eigenvalue weighted by atomic mass is 10.2. The first-order valence-corrected chi connectivity index (χ1v) is 8.58. The summed E-state index contributed by atoms with van der Waals surface area (Å²) in [6.07, 6.45) is 0. The molecule has 5 nitrogen and oxygen atoms in total. The summed E-state index contributed by atoms with van der Waals surface area (Å²) in [5, 5.41) is 2.88. The largest absolute Gasteiger partial charge is 0.484 e. The van der Waals surface area contributed by atoms with Crippen LogP contribution >= 0.6 is 0 Å². The van der Waals surface area contributed by atoms with Crippen molar-refractivity contribution in [1.29, 1.82) is 0 Å². The van der Waals surface area contributed by atoms with E-state index in [1.54, 1.807) is 0 Å². The molecule has 1 N–H and O–H groups in total. The van der Waals surface area contributed by atoms with Gasteiger partial charge in [-0.1, -0.05) is 29.8 Å². The van der Waals surface area contributed by atoms with Gasteiger partial charge in [0.25, 0.3) is 5.91 Å². The Balaban J connectivity index is 1.43. The number of carbonyl (C=O) groups is 1. The Bertz CT molecular complexity index is 677. The predicted molar refractivity (Wildman–Crippen MR) is 98.0 cm³/mol. The van der Waals surface area contributed by atoms with Gasteiger partial charge >= 0.3 is 0 Å². The van der Waals surface area contributed by atoms with Crippen molar-refractivity contribution in [2.45, 2.75) is 13.5 Å². The molecule has 1 aliphatic heterocycles. The minimum atomic E-state index is -0.127. The molecule has 0 spiro atoms. The summed E-state index contributed by atoms with van der Waals surface area (Å²) in [4.78, 5) is 14.2. The Kier molecular flexibility index (Phi) is 5.90. The predicted octanol–water partition coefficient (Wildman–Crippen LogP) is 2.53. The van der Waals surface area contributed by atoms with Crippen LogP contribution in [-0.4, -0.2) is 38.8 Å². The Labute approximate surface area is 148 Å². The molecule has 0 atom stereocenters. The third-order valence-electron chi connectivity index (χ3n) is 4.19. The van der Waals surface area contributed by atoms with Gasteiger partial charge in [-0.2, -0.15) is 0 Å². The van der Waals surface area contributed by atoms with Crippen molar-refractivity contribution in [3.05, 3.63) is 59.7 Å². The summed E-state index contributed by atoms with van der Waals surface area (Å²) >= 11 is 0. The van der Waals surface area contributed by atoms with E-state index in [-0.39, 0.29) is 12.5 Å². The van der Waals surface area contributed by atoms with Crippen molar-refractivity contribution < 1.29 is 14.3 Å². The lowest BCUT2D eigenvalue weighted by Gasteiger charge is -2.28. The highest BCUT2D eigenvalue weighted by Gasteiger charge is 2.11. The third kappa shape index (κ3) is 5.22. The van der Waals surface area contributed by atoms with Crippen molar-refractivity contribution >= 4 is 11.6 Å². The molecule has 0 unspecified atom stereocenters. The van der Waals surface area contributed by atoms with E-state index in [0.29, 0.717) is 12.3 Å². The molecule has 5 heteroatoms. The third-order valence-corrected chi connectivity index (χ3v) is 4.19. The van der Waals surface area contributed by atoms with Gasteiger partial charge < -0.3 is 19.7 Å². The average Bonchev–Trinajstić information content (AvgIpc) is 2.67. The second-order valence-electron chi connectivity index (χ2n) is 6.14. The standard InChI is InChI=1S/C20H24N2O3/c1-16-2-8-19(9-3-16)25-15-20(23)21-14-17-4-6-18(7-5-17)22-10-12-24-13-11-22/h2-9H,10-15H2,1H3,(H,21,23). The van der Waals surface area contributed by atoms with E-state index in [1.807, 2.05) is 43.3 Å². The smallest absolute Gasteiger partial charge is 0.258 e. The molecule has 3 rings (SSSR count). The maximum Gasteiger partial charge on any atom is 0.258 e. The van der Waals surface area contributed by atoms with Crippen LogP contribution in [0.3, 0.4) is 0 Å². The highest BCUT2D eigenvalue weighted by Crippen LogP contribution is 2.16. The normalized spacial score (nSPS) is 14.2. The maximum atomic E-state index is 11.9. The summed E-state index contributed by atoms with van der Waals surface area (Å²) in [5.41, 5.74) is 3.43. The summed E-state index contributed by atoms with van der Waals surface area (Å²) < 4.78 is 10.8. The number of hydrogen-bond acceptors (Lipinski definition) is 4. The molecule has 0 radical (unpaired) electrons. The number of ether oxygens (including phenoxy) is 2. The van der Waals surface area contributed by atoms with Gasteiger partial charge in [0.1, 0.15) is 5.75 Å². The summed E-state index contributed by atoms with van der Waals surface area (Å²) in [6, 6.07) is 15.9. The number of hydrogen-bond donors (Lipinski definition) is 1. The van der Waals surface area contributed by atoms with Gasteiger partial charge in [0.05, 0.1) is 13.2 Å². The van der Waals surface area contributed by atoms with Crippen LogP contribution in [0.1, 0.15) is 11.1 Å². The summed E-state index contributed by atoms with van der Waals surface area (Å²) in [5.74, 6) is 0.577. The zero-order chi connectivity index (χ0) is 17.5. The number of amides is 1. The van der Waals surface area contributed by atoms with E-state index < -0.39 is 0 Å². The molecule has 1 saturated heterocycles. The quantitative estimate of drug-likeness (QED) is 0.878. The minimum absolute atomic E-state index is 0.0227. The average molecular weight is 340 g/mol. The van der Waals surface area contributed by atoms with Gasteiger partial charge in [0, 0.05) is 25.3 Å². The number of aryl methyl sites for hydroxylation is 1. The van der Waals surface area contributed by atoms with Gasteiger partial charge in [0.15, 0.2) is 6.61 Å². The second-order valence-corrected chi connectivity index (χ2v) is 6.14. The zero-order valence-electron chi connectivity index (χ0n) is 14.5. The van der Waals surface area contributed by atoms with Crippen molar-refractivity contribution in [1.82, 2.24) is 5.32 Å². The molecule has 0 bridgehead atoms. The van der Waals surface area contributed by atoms with Crippen LogP contribution in [0.5, 0.6) is 5.75 Å². The monoisotopic (exact) mass is 340 g/mol. The topological polar surface area (TPSA) is 50.8 Å². The first-order chi connectivity index (χ1) is 12.2. The van der Waals surface area contributed by atoms with Crippen molar-refractivity contribution in [2.24, 2.45) is 0 Å². The van der Waals surface area contributed by atoms with Crippen molar-refractivity contribution in [2.75, 3.05) is 37.8 Å². The van der Waals surface area contributed by atoms with Crippen LogP contribution in [0.25, 0.3) is 0 Å². The van der Waals surface area contributed by atoms with Gasteiger partial charge in [-0.05, 0) is 36.8 Å². The Morgan fingerprint density at radius 2 is 1.76 bits per heavy atom. The van der Waals surface area contributed by atoms with E-state index in [2.05, 4.69) is 22.3 Å². The molecule has 2 aromatic carbocycles. The molecule has 132 valence electrons. The number of nitrogens with zero attached hydrogens (tertiary/aromatic N) is 1. The van der Waals surface area contributed by atoms with E-state index >= 15 is 0 Å². The minimum Gasteiger partial charge on any atom is -0.484 e. The van der Waals surface area contributed by atoms with E-state index in [9.17, 15) is 4.79 Å². The molecule has 1 heterocycles. The molecule has 2 aromatic rings. The lowest BCUT2D eigenvalue weighted by molar-refractivity contribution is -0.123. The van der Waals surface area contributed by atoms with Crippen LogP contribution in [0.2, 0.25) is 0 Å². The molecule has 0 saturated carbocycles. The van der Waals surface area contributed by atoms with Gasteiger partial charge in [-0.25, -0.2) is 0 Å². The lowest BCUT2D eigenvalue weighted by Crippen LogP contribution is -2.36. The second kappa shape index (κ2) is 8.53. The molecular formula is C20H24N2O3. The molecule has 0 aliphatic carbocycles. The molecule has 25 heavy (non-hydrogen) atoms. The SMILES string of the molecule is Cc1ccc(OCC(=O)NCc2ccc(N3CCOCC3)cc2)cc1. The number of rotatable bonds is 6. The Hall–Kier alpha value is -2.53. The Morgan fingerprint density at radius 1 is 1.08 bits per heavy atom. The fourth-order valence-corrected chi connectivity index (χ4v) is 2.68. The van der Waals surface area contributed by atoms with Crippen LogP contribution < -0.4 is 15.0 Å². The number of anilines is 1. The van der Waals surface area contributed by atoms with Crippen molar-refractivity contribution in [3.63, 3.8) is 0 Å². The van der Waals surface area contributed by atoms with E-state index in [4.69, 9.17) is 9.47 Å². The first-order valence-electron chi connectivity index (χ1n) is 8.58. The van der Waals surface area contributed by atoms with Gasteiger partial charge in [0.2, 0.25) is 0 Å². The molecule has 1 aliphatic rings. The maximum absolute atomic E-state index is 11.9. The number of morpholine rings is 1. The van der Waals surface area contributed by atoms with Crippen molar-refractivity contribution in [3.8, 4) is 5.75 Å². The fourth-order valence-electron chi connectivity index (χ4n) is 2.68. The molecule has 1 amide bonds. The Morgan fingerprint density at radius 3 is 2.44 bits per heavy atom. The summed E-state index contributed by atoms with van der Waals surface area (Å²) in [7, 11) is 0. The highest BCUT2D eigenvalue weighted by atomic mass is 16.5. The zero-order valence-corrected chi connectivity index (χ0v) is 14.5. The van der Waals surface area contributed by atoms with E-state index in [0.717, 1.165) is 37.4 Å².